The van der Waals surface area contributed by atoms with Gasteiger partial charge in [-0.05, 0) is 49.1 Å². The number of hydrogen-bond acceptors (Lipinski definition) is 6. The zero-order valence-electron chi connectivity index (χ0n) is 24.3. The number of benzene rings is 2. The molecule has 3 aliphatic rings. The Morgan fingerprint density at radius 1 is 1.02 bits per heavy atom. The van der Waals surface area contributed by atoms with Crippen molar-refractivity contribution in [1.29, 1.82) is 0 Å². The number of likely N-dealkylation sites (tertiary alicyclic amines) is 1. The van der Waals surface area contributed by atoms with Crippen LogP contribution in [0.4, 0.5) is 10.1 Å². The van der Waals surface area contributed by atoms with Crippen molar-refractivity contribution in [2.24, 2.45) is 11.1 Å². The topological polar surface area (TPSA) is 134 Å². The molecule has 2 aromatic carbocycles. The molecule has 3 aliphatic heterocycles. The Morgan fingerprint density at radius 3 is 2.36 bits per heavy atom. The van der Waals surface area contributed by atoms with Gasteiger partial charge in [-0.2, -0.15) is 0 Å². The molecule has 44 heavy (non-hydrogen) atoms. The van der Waals surface area contributed by atoms with Gasteiger partial charge in [0, 0.05) is 44.3 Å². The minimum Gasteiger partial charge on any atom is -0.380 e. The van der Waals surface area contributed by atoms with Crippen molar-refractivity contribution in [1.82, 2.24) is 15.1 Å². The second-order valence-corrected chi connectivity index (χ2v) is 12.5. The number of piperidine rings is 1. The second kappa shape index (κ2) is 13.8. The Balaban J connectivity index is 1.25. The van der Waals surface area contributed by atoms with Crippen LogP contribution in [0.25, 0.3) is 0 Å². The van der Waals surface area contributed by atoms with E-state index in [2.05, 4.69) is 10.6 Å². The highest BCUT2D eigenvalue weighted by Crippen LogP contribution is 2.38. The van der Waals surface area contributed by atoms with Crippen molar-refractivity contribution in [3.63, 3.8) is 0 Å². The molecule has 4 N–H and O–H groups in total. The van der Waals surface area contributed by atoms with Crippen LogP contribution in [-0.4, -0.2) is 78.4 Å². The first kappa shape index (κ1) is 32.2. The van der Waals surface area contributed by atoms with Gasteiger partial charge in [-0.25, -0.2) is 4.39 Å². The van der Waals surface area contributed by atoms with E-state index in [9.17, 15) is 23.6 Å². The SMILES string of the molecule is NCC[C@H](NC(=O)[C@@H]1Cc2ccccc2CN1C(=O)CCC(=O)N1CCC2(CC1)COC2)C(=O)Nc1ccc(Cl)c(Cl)c1F. The average molecular weight is 649 g/mol. The molecular formula is C31H36Cl2FN5O5. The lowest BCUT2D eigenvalue weighted by molar-refractivity contribution is -0.154. The molecule has 3 heterocycles. The van der Waals surface area contributed by atoms with Crippen LogP contribution in [0, 0.1) is 11.2 Å². The molecule has 0 bridgehead atoms. The smallest absolute Gasteiger partial charge is 0.247 e. The lowest BCUT2D eigenvalue weighted by Crippen LogP contribution is -2.56. The van der Waals surface area contributed by atoms with Crippen molar-refractivity contribution in [2.45, 2.75) is 57.2 Å². The highest BCUT2D eigenvalue weighted by Gasteiger charge is 2.42. The number of carbonyl (C=O) groups is 4. The van der Waals surface area contributed by atoms with Crippen molar-refractivity contribution in [3.8, 4) is 0 Å². The maximum Gasteiger partial charge on any atom is 0.247 e. The van der Waals surface area contributed by atoms with Gasteiger partial charge >= 0.3 is 0 Å². The van der Waals surface area contributed by atoms with Crippen LogP contribution in [-0.2, 0) is 36.9 Å². The Labute approximate surface area is 265 Å². The van der Waals surface area contributed by atoms with Crippen LogP contribution in [0.2, 0.25) is 10.0 Å². The number of ether oxygens (including phenoxy) is 1. The highest BCUT2D eigenvalue weighted by atomic mass is 35.5. The molecular weight excluding hydrogens is 612 g/mol. The van der Waals surface area contributed by atoms with Gasteiger partial charge in [0.05, 0.1) is 28.9 Å². The zero-order valence-corrected chi connectivity index (χ0v) is 25.8. The first-order valence-corrected chi connectivity index (χ1v) is 15.5. The molecule has 2 saturated heterocycles. The second-order valence-electron chi connectivity index (χ2n) is 11.7. The van der Waals surface area contributed by atoms with E-state index in [1.54, 1.807) is 4.90 Å². The Kier molecular flexibility index (Phi) is 10.1. The largest absolute Gasteiger partial charge is 0.380 e. The molecule has 4 amide bonds. The van der Waals surface area contributed by atoms with Crippen LogP contribution >= 0.6 is 23.2 Å². The van der Waals surface area contributed by atoms with E-state index in [1.807, 2.05) is 24.3 Å². The first-order chi connectivity index (χ1) is 21.1. The van der Waals surface area contributed by atoms with Gasteiger partial charge in [0.1, 0.15) is 12.1 Å². The van der Waals surface area contributed by atoms with Gasteiger partial charge in [0.2, 0.25) is 23.6 Å². The molecule has 1 spiro atoms. The molecule has 0 radical (unpaired) electrons. The lowest BCUT2D eigenvalue weighted by atomic mass is 9.77. The molecule has 2 atom stereocenters. The summed E-state index contributed by atoms with van der Waals surface area (Å²) in [5, 5.41) is 4.81. The van der Waals surface area contributed by atoms with E-state index in [4.69, 9.17) is 33.7 Å². The van der Waals surface area contributed by atoms with E-state index >= 15 is 0 Å². The third kappa shape index (κ3) is 7.01. The van der Waals surface area contributed by atoms with Gasteiger partial charge in [-0.1, -0.05) is 47.5 Å². The minimum atomic E-state index is -1.11. The standard InChI is InChI=1S/C31H36Cl2FN5O5/c32-21-5-6-22(28(34)27(21)33)36-29(42)23(9-12-35)37-30(43)24-15-19-3-1-2-4-20(19)16-39(24)26(41)8-7-25(40)38-13-10-31(11-14-38)17-44-18-31/h1-6,23-24H,7-18,35H2,(H,36,42)(H,37,43)/t23-,24-/m0/s1. The maximum absolute atomic E-state index is 14.6. The number of carbonyl (C=O) groups excluding carboxylic acids is 4. The van der Waals surface area contributed by atoms with E-state index in [0.29, 0.717) is 13.1 Å². The Bertz CT molecular complexity index is 1430. The van der Waals surface area contributed by atoms with E-state index in [-0.39, 0.29) is 71.7 Å². The van der Waals surface area contributed by atoms with Crippen LogP contribution in [0.15, 0.2) is 36.4 Å². The predicted molar refractivity (Wildman–Crippen MR) is 163 cm³/mol. The summed E-state index contributed by atoms with van der Waals surface area (Å²) in [5.41, 5.74) is 7.55. The molecule has 2 aromatic rings. The van der Waals surface area contributed by atoms with Crippen LogP contribution < -0.4 is 16.4 Å². The summed E-state index contributed by atoms with van der Waals surface area (Å²) < 4.78 is 20.0. The lowest BCUT2D eigenvalue weighted by Gasteiger charge is -2.47. The van der Waals surface area contributed by atoms with Crippen LogP contribution in [0.5, 0.6) is 0 Å². The number of nitrogens with zero attached hydrogens (tertiary/aromatic N) is 2. The highest BCUT2D eigenvalue weighted by molar-refractivity contribution is 6.42. The number of amides is 4. The molecule has 0 saturated carbocycles. The Hall–Kier alpha value is -3.25. The van der Waals surface area contributed by atoms with E-state index in [1.165, 1.54) is 17.0 Å². The fraction of sp³-hybridized carbons (Fsp3) is 0.484. The van der Waals surface area contributed by atoms with Crippen molar-refractivity contribution >= 4 is 52.5 Å². The third-order valence-electron chi connectivity index (χ3n) is 8.80. The molecule has 236 valence electrons. The van der Waals surface area contributed by atoms with Crippen molar-refractivity contribution in [3.05, 3.63) is 63.4 Å². The summed E-state index contributed by atoms with van der Waals surface area (Å²) in [4.78, 5) is 56.6. The number of nitrogens with two attached hydrogens (primary N) is 1. The Morgan fingerprint density at radius 2 is 1.70 bits per heavy atom. The fourth-order valence-electron chi connectivity index (χ4n) is 5.99. The molecule has 0 unspecified atom stereocenters. The molecule has 10 nitrogen and oxygen atoms in total. The summed E-state index contributed by atoms with van der Waals surface area (Å²) in [5.74, 6) is -2.56. The quantitative estimate of drug-likeness (QED) is 0.358. The average Bonchev–Trinajstić information content (AvgIpc) is 3.02. The molecule has 2 fully saturated rings. The van der Waals surface area contributed by atoms with Gasteiger partial charge in [0.25, 0.3) is 0 Å². The van der Waals surface area contributed by atoms with Crippen LogP contribution in [0.3, 0.4) is 0 Å². The summed E-state index contributed by atoms with van der Waals surface area (Å²) in [7, 11) is 0. The maximum atomic E-state index is 14.6. The number of nitrogens with one attached hydrogen (secondary N) is 2. The van der Waals surface area contributed by atoms with Gasteiger partial charge in [0.15, 0.2) is 5.82 Å². The normalized spacial score (nSPS) is 19.5. The number of fused-ring (bicyclic) bond motifs is 1. The van der Waals surface area contributed by atoms with Gasteiger partial charge in [-0.3, -0.25) is 19.2 Å². The monoisotopic (exact) mass is 647 g/mol. The predicted octanol–water partition coefficient (Wildman–Crippen LogP) is 3.28. The molecule has 5 rings (SSSR count). The number of hydrogen-bond donors (Lipinski definition) is 3. The number of anilines is 1. The number of halogens is 3. The molecule has 0 aromatic heterocycles. The summed E-state index contributed by atoms with van der Waals surface area (Å²) in [6.07, 6.45) is 2.09. The third-order valence-corrected chi connectivity index (χ3v) is 9.58. The summed E-state index contributed by atoms with van der Waals surface area (Å²) >= 11 is 11.7. The molecule has 0 aliphatic carbocycles. The van der Waals surface area contributed by atoms with Crippen LogP contribution in [0.1, 0.15) is 43.2 Å². The zero-order chi connectivity index (χ0) is 31.4. The van der Waals surface area contributed by atoms with Gasteiger partial charge in [-0.15, -0.1) is 0 Å². The number of rotatable bonds is 9. The molecule has 13 heteroatoms. The van der Waals surface area contributed by atoms with Crippen molar-refractivity contribution < 1.29 is 28.3 Å². The van der Waals surface area contributed by atoms with E-state index < -0.39 is 29.7 Å². The van der Waals surface area contributed by atoms with E-state index in [0.717, 1.165) is 37.2 Å². The van der Waals surface area contributed by atoms with Gasteiger partial charge < -0.3 is 30.9 Å². The summed E-state index contributed by atoms with van der Waals surface area (Å²) in [6, 6.07) is 8.11. The van der Waals surface area contributed by atoms with Crippen molar-refractivity contribution in [2.75, 3.05) is 38.2 Å². The minimum absolute atomic E-state index is 0.00824. The summed E-state index contributed by atoms with van der Waals surface area (Å²) in [6.45, 7) is 3.03. The fourth-order valence-corrected chi connectivity index (χ4v) is 6.30. The first-order valence-electron chi connectivity index (χ1n) is 14.8.